The Morgan fingerprint density at radius 1 is 1.24 bits per heavy atom. The molecule has 9 nitrogen and oxygen atoms in total. The Morgan fingerprint density at radius 2 is 2.03 bits per heavy atom. The van der Waals surface area contributed by atoms with Crippen molar-refractivity contribution in [2.24, 2.45) is 0 Å². The molecular weight excluding hydrogens is 372 g/mol. The van der Waals surface area contributed by atoms with Crippen LogP contribution >= 0.6 is 0 Å². The minimum atomic E-state index is -0.250. The van der Waals surface area contributed by atoms with Gasteiger partial charge in [0.2, 0.25) is 5.91 Å². The van der Waals surface area contributed by atoms with E-state index in [0.717, 1.165) is 63.5 Å². The molecule has 1 fully saturated rings. The van der Waals surface area contributed by atoms with Gasteiger partial charge in [0.1, 0.15) is 11.9 Å². The highest BCUT2D eigenvalue weighted by Crippen LogP contribution is 2.16. The molecule has 1 unspecified atom stereocenters. The van der Waals surface area contributed by atoms with Gasteiger partial charge in [-0.05, 0) is 25.0 Å². The fourth-order valence-electron chi connectivity index (χ4n) is 3.43. The minimum absolute atomic E-state index is 0.174. The summed E-state index contributed by atoms with van der Waals surface area (Å²) in [7, 11) is 0. The Bertz CT molecular complexity index is 752. The van der Waals surface area contributed by atoms with E-state index >= 15 is 0 Å². The van der Waals surface area contributed by atoms with Gasteiger partial charge in [-0.1, -0.05) is 13.8 Å². The first-order chi connectivity index (χ1) is 14.1. The van der Waals surface area contributed by atoms with E-state index < -0.39 is 0 Å². The summed E-state index contributed by atoms with van der Waals surface area (Å²) in [5.74, 6) is 1.06. The largest absolute Gasteiger partial charge is 0.483 e. The molecule has 0 radical (unpaired) electrons. The lowest BCUT2D eigenvalue weighted by molar-refractivity contribution is -0.135. The topological polar surface area (TPSA) is 104 Å². The lowest BCUT2D eigenvalue weighted by Crippen LogP contribution is -2.39. The molecule has 0 aromatic carbocycles. The van der Waals surface area contributed by atoms with Crippen molar-refractivity contribution < 1.29 is 14.7 Å². The lowest BCUT2D eigenvalue weighted by Gasteiger charge is -2.26. The first-order valence-electron chi connectivity index (χ1n) is 10.0. The Hall–Kier alpha value is -2.81. The number of carbonyl (C=O) groups excluding carboxylic acids is 1. The van der Waals surface area contributed by atoms with Crippen LogP contribution in [0.15, 0.2) is 30.7 Å². The molecule has 9 heteroatoms. The maximum absolute atomic E-state index is 13.0. The fraction of sp³-hybridized carbons (Fsp3) is 0.550. The molecule has 1 amide bonds. The second-order valence-corrected chi connectivity index (χ2v) is 6.79. The summed E-state index contributed by atoms with van der Waals surface area (Å²) in [6, 6.07) is 3.65. The Kier molecular flexibility index (Phi) is 9.23. The van der Waals surface area contributed by atoms with E-state index in [4.69, 9.17) is 9.90 Å². The molecule has 2 aromatic rings. The molecule has 0 aliphatic carbocycles. The third-order valence-corrected chi connectivity index (χ3v) is 4.88. The van der Waals surface area contributed by atoms with E-state index in [1.165, 1.54) is 0 Å². The van der Waals surface area contributed by atoms with E-state index in [9.17, 15) is 4.79 Å². The van der Waals surface area contributed by atoms with Crippen molar-refractivity contribution in [3.8, 4) is 0 Å². The highest BCUT2D eigenvalue weighted by molar-refractivity contribution is 5.80. The maximum atomic E-state index is 13.0. The van der Waals surface area contributed by atoms with Gasteiger partial charge in [0.25, 0.3) is 6.47 Å². The average molecular weight is 402 g/mol. The fourth-order valence-corrected chi connectivity index (χ4v) is 3.43. The van der Waals surface area contributed by atoms with Crippen LogP contribution in [0.4, 0.5) is 0 Å². The summed E-state index contributed by atoms with van der Waals surface area (Å²) in [5, 5.41) is 11.1. The molecule has 0 spiro atoms. The summed E-state index contributed by atoms with van der Waals surface area (Å²) in [5.41, 5.74) is 1.06. The normalized spacial score (nSPS) is 15.7. The van der Waals surface area contributed by atoms with E-state index in [0.29, 0.717) is 0 Å². The zero-order valence-electron chi connectivity index (χ0n) is 17.1. The zero-order chi connectivity index (χ0) is 21.1. The SMILES string of the molecule is CCc1nccc(CN2CCCN(C(=O)C(CC)n3cccn3)CC2)n1.O=CO. The second-order valence-electron chi connectivity index (χ2n) is 6.79. The van der Waals surface area contributed by atoms with Crippen LogP contribution in [0.1, 0.15) is 44.2 Å². The Labute approximate surface area is 171 Å². The number of rotatable bonds is 6. The Morgan fingerprint density at radius 3 is 2.69 bits per heavy atom. The minimum Gasteiger partial charge on any atom is -0.483 e. The highest BCUT2D eigenvalue weighted by Gasteiger charge is 2.26. The van der Waals surface area contributed by atoms with Gasteiger partial charge in [-0.3, -0.25) is 19.2 Å². The summed E-state index contributed by atoms with van der Waals surface area (Å²) in [6.07, 6.45) is 8.02. The zero-order valence-corrected chi connectivity index (χ0v) is 17.1. The lowest BCUT2D eigenvalue weighted by atomic mass is 10.2. The van der Waals surface area contributed by atoms with E-state index in [1.807, 2.05) is 36.4 Å². The Balaban J connectivity index is 0.000000941. The van der Waals surface area contributed by atoms with Crippen LogP contribution in [0.3, 0.4) is 0 Å². The number of aromatic nitrogens is 4. The number of hydrogen-bond donors (Lipinski definition) is 1. The summed E-state index contributed by atoms with van der Waals surface area (Å²) < 4.78 is 1.78. The predicted molar refractivity (Wildman–Crippen MR) is 108 cm³/mol. The molecule has 158 valence electrons. The third kappa shape index (κ3) is 6.63. The molecule has 1 aliphatic rings. The predicted octanol–water partition coefficient (Wildman–Crippen LogP) is 1.62. The van der Waals surface area contributed by atoms with Crippen LogP contribution < -0.4 is 0 Å². The smallest absolute Gasteiger partial charge is 0.290 e. The molecule has 1 aliphatic heterocycles. The van der Waals surface area contributed by atoms with Gasteiger partial charge in [0.05, 0.1) is 5.69 Å². The molecule has 3 heterocycles. The van der Waals surface area contributed by atoms with Gasteiger partial charge >= 0.3 is 0 Å². The van der Waals surface area contributed by atoms with Crippen molar-refractivity contribution in [1.29, 1.82) is 0 Å². The van der Waals surface area contributed by atoms with E-state index in [-0.39, 0.29) is 18.4 Å². The van der Waals surface area contributed by atoms with Crippen LogP contribution in [-0.4, -0.2) is 73.2 Å². The number of hydrogen-bond acceptors (Lipinski definition) is 6. The number of amides is 1. The van der Waals surface area contributed by atoms with Gasteiger partial charge < -0.3 is 10.0 Å². The van der Waals surface area contributed by atoms with Crippen molar-refractivity contribution in [2.45, 2.75) is 45.7 Å². The highest BCUT2D eigenvalue weighted by atomic mass is 16.3. The van der Waals surface area contributed by atoms with E-state index in [1.54, 1.807) is 10.9 Å². The molecule has 1 N–H and O–H groups in total. The molecule has 2 aromatic heterocycles. The van der Waals surface area contributed by atoms with Crippen LogP contribution in [0.2, 0.25) is 0 Å². The summed E-state index contributed by atoms with van der Waals surface area (Å²) >= 11 is 0. The van der Waals surface area contributed by atoms with E-state index in [2.05, 4.69) is 26.9 Å². The molecule has 0 bridgehead atoms. The van der Waals surface area contributed by atoms with Crippen LogP contribution in [0.25, 0.3) is 0 Å². The van der Waals surface area contributed by atoms with Crippen molar-refractivity contribution in [3.63, 3.8) is 0 Å². The van der Waals surface area contributed by atoms with Crippen molar-refractivity contribution in [1.82, 2.24) is 29.5 Å². The molecule has 1 atom stereocenters. The van der Waals surface area contributed by atoms with Crippen LogP contribution in [0.5, 0.6) is 0 Å². The molecule has 29 heavy (non-hydrogen) atoms. The second kappa shape index (κ2) is 11.9. The molecule has 3 rings (SSSR count). The summed E-state index contributed by atoms with van der Waals surface area (Å²) in [4.78, 5) is 34.6. The number of carboxylic acid groups (broad SMARTS) is 1. The molecule has 1 saturated heterocycles. The van der Waals surface area contributed by atoms with Crippen LogP contribution in [-0.2, 0) is 22.6 Å². The first-order valence-corrected chi connectivity index (χ1v) is 10.0. The molecular formula is C20H30N6O3. The number of aryl methyl sites for hydroxylation is 1. The quantitative estimate of drug-likeness (QED) is 0.732. The van der Waals surface area contributed by atoms with Gasteiger partial charge in [0, 0.05) is 57.7 Å². The van der Waals surface area contributed by atoms with Crippen LogP contribution in [0, 0.1) is 0 Å². The van der Waals surface area contributed by atoms with Gasteiger partial charge in [0.15, 0.2) is 0 Å². The molecule has 0 saturated carbocycles. The maximum Gasteiger partial charge on any atom is 0.290 e. The van der Waals surface area contributed by atoms with Crippen molar-refractivity contribution >= 4 is 12.4 Å². The third-order valence-electron chi connectivity index (χ3n) is 4.88. The van der Waals surface area contributed by atoms with Gasteiger partial charge in [-0.15, -0.1) is 0 Å². The van der Waals surface area contributed by atoms with Gasteiger partial charge in [-0.2, -0.15) is 5.10 Å². The first kappa shape index (κ1) is 22.5. The average Bonchev–Trinajstić information content (AvgIpc) is 3.15. The van der Waals surface area contributed by atoms with Gasteiger partial charge in [-0.25, -0.2) is 9.97 Å². The number of carbonyl (C=O) groups is 2. The number of nitrogens with zero attached hydrogens (tertiary/aromatic N) is 6. The standard InChI is InChI=1S/C19H28N6O.CH2O2/c1-3-17(25-12-5-8-21-25)19(26)24-11-6-10-23(13-14-24)15-16-7-9-20-18(4-2)22-16;2-1-3/h5,7-9,12,17H,3-4,6,10-11,13-15H2,1-2H3;1H,(H,2,3). The summed E-state index contributed by atoms with van der Waals surface area (Å²) in [6.45, 7) is 8.07. The van der Waals surface area contributed by atoms with Crippen molar-refractivity contribution in [2.75, 3.05) is 26.2 Å². The monoisotopic (exact) mass is 402 g/mol. The van der Waals surface area contributed by atoms with Crippen molar-refractivity contribution in [3.05, 3.63) is 42.2 Å².